The molecule has 0 saturated carbocycles. The lowest BCUT2D eigenvalue weighted by Crippen LogP contribution is -2.49. The van der Waals surface area contributed by atoms with Crippen molar-refractivity contribution in [1.82, 2.24) is 14.5 Å². The lowest BCUT2D eigenvalue weighted by atomic mass is 10.1. The van der Waals surface area contributed by atoms with Gasteiger partial charge in [0.25, 0.3) is 0 Å². The monoisotopic (exact) mass is 389 g/mol. The molecule has 0 aliphatic carbocycles. The molecule has 2 aliphatic heterocycles. The number of nitrogens with zero attached hydrogens (tertiary/aromatic N) is 2. The average molecular weight is 390 g/mol. The van der Waals surface area contributed by atoms with Gasteiger partial charge in [-0.15, -0.1) is 12.4 Å². The van der Waals surface area contributed by atoms with Gasteiger partial charge in [0.2, 0.25) is 10.0 Å². The number of rotatable bonds is 4. The van der Waals surface area contributed by atoms with Crippen LogP contribution in [0.25, 0.3) is 0 Å². The molecule has 2 saturated heterocycles. The normalized spacial score (nSPS) is 22.6. The molecule has 142 valence electrons. The van der Waals surface area contributed by atoms with Crippen LogP contribution < -0.4 is 10.1 Å². The van der Waals surface area contributed by atoms with Crippen LogP contribution in [-0.2, 0) is 10.0 Å². The number of methoxy groups -OCH3 is 1. The Labute approximate surface area is 157 Å². The van der Waals surface area contributed by atoms with Gasteiger partial charge in [-0.05, 0) is 37.5 Å². The molecule has 2 aliphatic rings. The fourth-order valence-corrected chi connectivity index (χ4v) is 5.59. The van der Waals surface area contributed by atoms with Crippen LogP contribution in [0.15, 0.2) is 17.0 Å². The Kier molecular flexibility index (Phi) is 6.73. The van der Waals surface area contributed by atoms with Gasteiger partial charge < -0.3 is 10.1 Å². The van der Waals surface area contributed by atoms with E-state index >= 15 is 0 Å². The number of aryl methyl sites for hydroxylation is 2. The average Bonchev–Trinajstić information content (AvgIpc) is 3.06. The van der Waals surface area contributed by atoms with Crippen LogP contribution in [-0.4, -0.2) is 70.0 Å². The molecule has 25 heavy (non-hydrogen) atoms. The van der Waals surface area contributed by atoms with E-state index in [-0.39, 0.29) is 12.4 Å². The van der Waals surface area contributed by atoms with E-state index in [2.05, 4.69) is 10.2 Å². The molecular weight excluding hydrogens is 362 g/mol. The second kappa shape index (κ2) is 8.22. The maximum Gasteiger partial charge on any atom is 0.246 e. The van der Waals surface area contributed by atoms with Gasteiger partial charge >= 0.3 is 0 Å². The highest BCUT2D eigenvalue weighted by Crippen LogP contribution is 2.33. The number of piperazine rings is 1. The summed E-state index contributed by atoms with van der Waals surface area (Å²) in [4.78, 5) is 2.70. The van der Waals surface area contributed by atoms with Gasteiger partial charge in [0, 0.05) is 45.3 Å². The summed E-state index contributed by atoms with van der Waals surface area (Å²) in [6.07, 6.45) is 0.895. The van der Waals surface area contributed by atoms with Crippen molar-refractivity contribution in [3.8, 4) is 5.75 Å². The number of hydrogen-bond acceptors (Lipinski definition) is 5. The molecule has 1 N–H and O–H groups in total. The first-order valence-corrected chi connectivity index (χ1v) is 9.97. The molecule has 0 radical (unpaired) electrons. The minimum absolute atomic E-state index is 0. The Morgan fingerprint density at radius 3 is 2.48 bits per heavy atom. The summed E-state index contributed by atoms with van der Waals surface area (Å²) in [5.74, 6) is 0.464. The molecule has 2 fully saturated rings. The SMILES string of the molecule is COc1c(C)cc(C)cc1S(=O)(=O)N1CCC(N2CCNCC2)C1.Cl. The second-order valence-electron chi connectivity index (χ2n) is 6.70. The Morgan fingerprint density at radius 2 is 1.84 bits per heavy atom. The van der Waals surface area contributed by atoms with Crippen molar-refractivity contribution >= 4 is 22.4 Å². The van der Waals surface area contributed by atoms with Gasteiger partial charge in [-0.25, -0.2) is 8.42 Å². The van der Waals surface area contributed by atoms with Crippen molar-refractivity contribution < 1.29 is 13.2 Å². The molecule has 6 nitrogen and oxygen atoms in total. The lowest BCUT2D eigenvalue weighted by Gasteiger charge is -2.32. The van der Waals surface area contributed by atoms with Crippen LogP contribution in [0.3, 0.4) is 0 Å². The zero-order valence-electron chi connectivity index (χ0n) is 15.1. The number of ether oxygens (including phenoxy) is 1. The largest absolute Gasteiger partial charge is 0.495 e. The minimum atomic E-state index is -3.53. The first-order valence-electron chi connectivity index (χ1n) is 8.53. The summed E-state index contributed by atoms with van der Waals surface area (Å²) in [6, 6.07) is 3.99. The van der Waals surface area contributed by atoms with E-state index in [1.165, 1.54) is 7.11 Å². The quantitative estimate of drug-likeness (QED) is 0.843. The van der Waals surface area contributed by atoms with Crippen molar-refractivity contribution in [2.24, 2.45) is 0 Å². The molecule has 2 heterocycles. The van der Waals surface area contributed by atoms with Crippen LogP contribution >= 0.6 is 12.4 Å². The van der Waals surface area contributed by atoms with Gasteiger partial charge in [0.15, 0.2) is 0 Å². The van der Waals surface area contributed by atoms with Crippen molar-refractivity contribution in [3.05, 3.63) is 23.3 Å². The number of sulfonamides is 1. The summed E-state index contributed by atoms with van der Waals surface area (Å²) in [5, 5.41) is 3.34. The Balaban J connectivity index is 0.00000225. The molecular formula is C17H28ClN3O3S. The Bertz CT molecular complexity index is 705. The number of benzene rings is 1. The molecule has 0 aromatic heterocycles. The highest BCUT2D eigenvalue weighted by Gasteiger charge is 2.37. The van der Waals surface area contributed by atoms with Crippen molar-refractivity contribution in [1.29, 1.82) is 0 Å². The Morgan fingerprint density at radius 1 is 1.16 bits per heavy atom. The molecule has 0 amide bonds. The summed E-state index contributed by atoms with van der Waals surface area (Å²) < 4.78 is 33.3. The predicted octanol–water partition coefficient (Wildman–Crippen LogP) is 1.40. The lowest BCUT2D eigenvalue weighted by molar-refractivity contribution is 0.179. The van der Waals surface area contributed by atoms with E-state index in [0.717, 1.165) is 43.7 Å². The van der Waals surface area contributed by atoms with E-state index in [9.17, 15) is 8.42 Å². The van der Waals surface area contributed by atoms with Crippen LogP contribution in [0.4, 0.5) is 0 Å². The van der Waals surface area contributed by atoms with Crippen LogP contribution in [0.1, 0.15) is 17.5 Å². The Hall–Kier alpha value is -0.860. The highest BCUT2D eigenvalue weighted by molar-refractivity contribution is 7.89. The maximum absolute atomic E-state index is 13.2. The van der Waals surface area contributed by atoms with Crippen LogP contribution in [0, 0.1) is 13.8 Å². The smallest absolute Gasteiger partial charge is 0.246 e. The van der Waals surface area contributed by atoms with Crippen molar-refractivity contribution in [2.45, 2.75) is 31.2 Å². The predicted molar refractivity (Wildman–Crippen MR) is 101 cm³/mol. The molecule has 1 atom stereocenters. The van der Waals surface area contributed by atoms with Gasteiger partial charge in [-0.2, -0.15) is 4.31 Å². The molecule has 1 aromatic carbocycles. The van der Waals surface area contributed by atoms with Gasteiger partial charge in [0.1, 0.15) is 10.6 Å². The van der Waals surface area contributed by atoms with E-state index in [1.807, 2.05) is 19.9 Å². The topological polar surface area (TPSA) is 61.9 Å². The second-order valence-corrected chi connectivity index (χ2v) is 8.61. The molecule has 1 aromatic rings. The molecule has 8 heteroatoms. The number of hydrogen-bond donors (Lipinski definition) is 1. The fraction of sp³-hybridized carbons (Fsp3) is 0.647. The van der Waals surface area contributed by atoms with Crippen LogP contribution in [0.2, 0.25) is 0 Å². The van der Waals surface area contributed by atoms with Crippen molar-refractivity contribution in [3.63, 3.8) is 0 Å². The summed E-state index contributed by atoms with van der Waals surface area (Å²) in [5.41, 5.74) is 1.79. The molecule has 0 spiro atoms. The zero-order valence-corrected chi connectivity index (χ0v) is 16.8. The molecule has 0 bridgehead atoms. The first-order chi connectivity index (χ1) is 11.4. The highest BCUT2D eigenvalue weighted by atomic mass is 35.5. The standard InChI is InChI=1S/C17H27N3O3S.ClH/c1-13-10-14(2)17(23-3)16(11-13)24(21,22)20-7-4-15(12-20)19-8-5-18-6-9-19;/h10-11,15,18H,4-9,12H2,1-3H3;1H. The first kappa shape index (κ1) is 20.5. The van der Waals surface area contributed by atoms with E-state index < -0.39 is 10.0 Å². The number of halogens is 1. The zero-order chi connectivity index (χ0) is 17.3. The van der Waals surface area contributed by atoms with Crippen LogP contribution in [0.5, 0.6) is 5.75 Å². The van der Waals surface area contributed by atoms with Crippen molar-refractivity contribution in [2.75, 3.05) is 46.4 Å². The van der Waals surface area contributed by atoms with E-state index in [1.54, 1.807) is 10.4 Å². The fourth-order valence-electron chi connectivity index (χ4n) is 3.78. The summed E-state index contributed by atoms with van der Waals surface area (Å²) in [6.45, 7) is 8.89. The third-order valence-electron chi connectivity index (χ3n) is 5.00. The van der Waals surface area contributed by atoms with E-state index in [0.29, 0.717) is 29.8 Å². The minimum Gasteiger partial charge on any atom is -0.495 e. The number of nitrogens with one attached hydrogen (secondary N) is 1. The van der Waals surface area contributed by atoms with E-state index in [4.69, 9.17) is 4.74 Å². The maximum atomic E-state index is 13.2. The summed E-state index contributed by atoms with van der Waals surface area (Å²) >= 11 is 0. The third kappa shape index (κ3) is 4.11. The summed E-state index contributed by atoms with van der Waals surface area (Å²) in [7, 11) is -2.00. The third-order valence-corrected chi connectivity index (χ3v) is 6.87. The molecule has 3 rings (SSSR count). The van der Waals surface area contributed by atoms with Gasteiger partial charge in [-0.1, -0.05) is 6.07 Å². The van der Waals surface area contributed by atoms with Gasteiger partial charge in [0.05, 0.1) is 7.11 Å². The molecule has 1 unspecified atom stereocenters. The van der Waals surface area contributed by atoms with Gasteiger partial charge in [-0.3, -0.25) is 4.90 Å².